The van der Waals surface area contributed by atoms with Gasteiger partial charge in [0.15, 0.2) is 5.82 Å². The van der Waals surface area contributed by atoms with E-state index in [9.17, 15) is 9.59 Å². The van der Waals surface area contributed by atoms with E-state index < -0.39 is 0 Å². The number of fused-ring (bicyclic) bond motifs is 2. The molecule has 0 radical (unpaired) electrons. The van der Waals surface area contributed by atoms with Crippen LogP contribution in [0.1, 0.15) is 49.8 Å². The lowest BCUT2D eigenvalue weighted by Gasteiger charge is -2.31. The van der Waals surface area contributed by atoms with Gasteiger partial charge in [-0.05, 0) is 37.8 Å². The van der Waals surface area contributed by atoms with Gasteiger partial charge in [0.05, 0.1) is 17.5 Å². The molecule has 2 amide bonds. The van der Waals surface area contributed by atoms with Gasteiger partial charge in [-0.15, -0.1) is 22.0 Å². The Morgan fingerprint density at radius 2 is 2.00 bits per heavy atom. The second-order valence-electron chi connectivity index (χ2n) is 7.92. The van der Waals surface area contributed by atoms with E-state index in [1.54, 1.807) is 4.90 Å². The van der Waals surface area contributed by atoms with Crippen molar-refractivity contribution in [2.24, 2.45) is 0 Å². The van der Waals surface area contributed by atoms with Gasteiger partial charge in [0.2, 0.25) is 11.8 Å². The highest BCUT2D eigenvalue weighted by atomic mass is 32.2. The first kappa shape index (κ1) is 18.7. The van der Waals surface area contributed by atoms with Gasteiger partial charge < -0.3 is 14.4 Å². The first-order valence-corrected chi connectivity index (χ1v) is 11.4. The summed E-state index contributed by atoms with van der Waals surface area (Å²) in [6, 6.07) is 7.78. The normalized spacial score (nSPS) is 21.7. The highest BCUT2D eigenvalue weighted by Gasteiger charge is 2.36. The number of carbonyl (C=O) groups is 2. The largest absolute Gasteiger partial charge is 0.331 e. The molecule has 1 aromatic carbocycles. The van der Waals surface area contributed by atoms with Crippen LogP contribution in [-0.4, -0.2) is 50.3 Å². The lowest BCUT2D eigenvalue weighted by Crippen LogP contribution is -2.45. The average Bonchev–Trinajstić information content (AvgIpc) is 3.31. The molecule has 4 heterocycles. The first-order chi connectivity index (χ1) is 14.2. The van der Waals surface area contributed by atoms with Crippen LogP contribution in [0.25, 0.3) is 0 Å². The number of rotatable bonds is 3. The summed E-state index contributed by atoms with van der Waals surface area (Å²) in [7, 11) is 0. The number of aryl methyl sites for hydroxylation is 1. The Hall–Kier alpha value is -2.35. The number of para-hydroxylation sites is 1. The van der Waals surface area contributed by atoms with Crippen LogP contribution < -0.4 is 4.90 Å². The van der Waals surface area contributed by atoms with E-state index in [2.05, 4.69) is 14.8 Å². The molecule has 29 heavy (non-hydrogen) atoms. The summed E-state index contributed by atoms with van der Waals surface area (Å²) in [5.74, 6) is 2.34. The minimum atomic E-state index is -0.0358. The van der Waals surface area contributed by atoms with Gasteiger partial charge in [0, 0.05) is 24.4 Å². The van der Waals surface area contributed by atoms with Crippen LogP contribution in [0.4, 0.5) is 5.69 Å². The Labute approximate surface area is 174 Å². The maximum absolute atomic E-state index is 13.3. The van der Waals surface area contributed by atoms with Crippen molar-refractivity contribution in [2.45, 2.75) is 56.0 Å². The molecule has 1 fully saturated rings. The van der Waals surface area contributed by atoms with Gasteiger partial charge >= 0.3 is 0 Å². The van der Waals surface area contributed by atoms with Gasteiger partial charge in [0.25, 0.3) is 0 Å². The number of carbonyl (C=O) groups excluding carboxylic acids is 2. The summed E-state index contributed by atoms with van der Waals surface area (Å²) in [5, 5.41) is 8.91. The number of thioether (sulfide) groups is 1. The number of anilines is 1. The van der Waals surface area contributed by atoms with Crippen LogP contribution in [0.5, 0.6) is 0 Å². The van der Waals surface area contributed by atoms with Gasteiger partial charge in [-0.25, -0.2) is 0 Å². The molecule has 2 aromatic rings. The predicted octanol–water partition coefficient (Wildman–Crippen LogP) is 2.81. The number of aromatic nitrogens is 3. The predicted molar refractivity (Wildman–Crippen MR) is 111 cm³/mol. The van der Waals surface area contributed by atoms with Crippen molar-refractivity contribution in [3.8, 4) is 0 Å². The van der Waals surface area contributed by atoms with E-state index in [4.69, 9.17) is 0 Å². The third-order valence-corrected chi connectivity index (χ3v) is 7.16. The highest BCUT2D eigenvalue weighted by molar-refractivity contribution is 8.00. The molecule has 0 bridgehead atoms. The SMILES string of the molecule is O=C1CSc2ccccc2N1CC(=O)N1CCCC1c1nnc2n1CCCCC2. The summed E-state index contributed by atoms with van der Waals surface area (Å²) in [6.07, 6.45) is 6.33. The number of nitrogens with zero attached hydrogens (tertiary/aromatic N) is 5. The molecule has 152 valence electrons. The van der Waals surface area contributed by atoms with Crippen LogP contribution in [0.3, 0.4) is 0 Å². The van der Waals surface area contributed by atoms with E-state index in [1.807, 2.05) is 29.2 Å². The molecular weight excluding hydrogens is 386 g/mol. The van der Waals surface area contributed by atoms with E-state index in [0.717, 1.165) is 60.9 Å². The van der Waals surface area contributed by atoms with Crippen LogP contribution in [0, 0.1) is 0 Å². The maximum atomic E-state index is 13.3. The minimum Gasteiger partial charge on any atom is -0.331 e. The molecule has 1 aromatic heterocycles. The third-order valence-electron chi connectivity index (χ3n) is 6.11. The zero-order valence-corrected chi connectivity index (χ0v) is 17.2. The summed E-state index contributed by atoms with van der Waals surface area (Å²) in [4.78, 5) is 30.5. The number of hydrogen-bond acceptors (Lipinski definition) is 5. The summed E-state index contributed by atoms with van der Waals surface area (Å²) in [5.41, 5.74) is 0.842. The molecule has 1 unspecified atom stereocenters. The van der Waals surface area contributed by atoms with Crippen molar-refractivity contribution >= 4 is 29.3 Å². The van der Waals surface area contributed by atoms with Crippen LogP contribution in [0.15, 0.2) is 29.2 Å². The van der Waals surface area contributed by atoms with Crippen molar-refractivity contribution in [1.29, 1.82) is 0 Å². The van der Waals surface area contributed by atoms with E-state index in [0.29, 0.717) is 12.3 Å². The van der Waals surface area contributed by atoms with Crippen molar-refractivity contribution in [3.63, 3.8) is 0 Å². The van der Waals surface area contributed by atoms with E-state index in [1.165, 1.54) is 18.2 Å². The van der Waals surface area contributed by atoms with Crippen LogP contribution in [0.2, 0.25) is 0 Å². The monoisotopic (exact) mass is 411 g/mol. The average molecular weight is 412 g/mol. The van der Waals surface area contributed by atoms with Crippen molar-refractivity contribution < 1.29 is 9.59 Å². The molecule has 8 heteroatoms. The molecule has 7 nitrogen and oxygen atoms in total. The Morgan fingerprint density at radius 1 is 1.10 bits per heavy atom. The van der Waals surface area contributed by atoms with Gasteiger partial charge in [-0.2, -0.15) is 0 Å². The molecule has 3 aliphatic heterocycles. The third kappa shape index (κ3) is 3.43. The Balaban J connectivity index is 1.38. The van der Waals surface area contributed by atoms with Gasteiger partial charge in [0.1, 0.15) is 12.4 Å². The fourth-order valence-electron chi connectivity index (χ4n) is 4.64. The first-order valence-electron chi connectivity index (χ1n) is 10.5. The smallest absolute Gasteiger partial charge is 0.243 e. The number of likely N-dealkylation sites (tertiary alicyclic amines) is 1. The van der Waals surface area contributed by atoms with Crippen LogP contribution >= 0.6 is 11.8 Å². The number of benzene rings is 1. The summed E-state index contributed by atoms with van der Waals surface area (Å²) >= 11 is 1.54. The summed E-state index contributed by atoms with van der Waals surface area (Å²) in [6.45, 7) is 1.74. The van der Waals surface area contributed by atoms with E-state index >= 15 is 0 Å². The van der Waals surface area contributed by atoms with Crippen molar-refractivity contribution in [3.05, 3.63) is 35.9 Å². The Kier molecular flexibility index (Phi) is 5.03. The lowest BCUT2D eigenvalue weighted by atomic mass is 10.2. The zero-order valence-electron chi connectivity index (χ0n) is 16.4. The Morgan fingerprint density at radius 3 is 2.93 bits per heavy atom. The second kappa shape index (κ2) is 7.82. The Bertz CT molecular complexity index is 943. The molecule has 0 N–H and O–H groups in total. The topological polar surface area (TPSA) is 71.3 Å². The standard InChI is InChI=1S/C21H25N5O2S/c27-19(13-26-15-7-3-4-9-17(15)29-14-20(26)28)24-12-6-8-16(24)21-23-22-18-10-2-1-5-11-25(18)21/h3-4,7,9,16H,1-2,5-6,8,10-14H2. The number of amides is 2. The van der Waals surface area contributed by atoms with Gasteiger partial charge in [-0.3, -0.25) is 9.59 Å². The van der Waals surface area contributed by atoms with Crippen LogP contribution in [-0.2, 0) is 22.6 Å². The summed E-state index contributed by atoms with van der Waals surface area (Å²) < 4.78 is 2.24. The molecule has 1 saturated heterocycles. The molecule has 5 rings (SSSR count). The maximum Gasteiger partial charge on any atom is 0.243 e. The zero-order chi connectivity index (χ0) is 19.8. The number of hydrogen-bond donors (Lipinski definition) is 0. The quantitative estimate of drug-likeness (QED) is 0.777. The van der Waals surface area contributed by atoms with Crippen molar-refractivity contribution in [2.75, 3.05) is 23.7 Å². The molecule has 1 atom stereocenters. The lowest BCUT2D eigenvalue weighted by molar-refractivity contribution is -0.132. The molecule has 0 spiro atoms. The fraction of sp³-hybridized carbons (Fsp3) is 0.524. The minimum absolute atomic E-state index is 0.00542. The van der Waals surface area contributed by atoms with Crippen molar-refractivity contribution in [1.82, 2.24) is 19.7 Å². The molecule has 0 saturated carbocycles. The second-order valence-corrected chi connectivity index (χ2v) is 8.94. The molecule has 3 aliphatic rings. The van der Waals surface area contributed by atoms with E-state index in [-0.39, 0.29) is 24.4 Å². The van der Waals surface area contributed by atoms with Gasteiger partial charge in [-0.1, -0.05) is 18.6 Å². The molecular formula is C21H25N5O2S. The highest BCUT2D eigenvalue weighted by Crippen LogP contribution is 2.36. The molecule has 0 aliphatic carbocycles. The fourth-order valence-corrected chi connectivity index (χ4v) is 5.58.